The zero-order valence-electron chi connectivity index (χ0n) is 13.4. The highest BCUT2D eigenvalue weighted by Gasteiger charge is 2.64. The average molecular weight is 298 g/mol. The highest BCUT2D eigenvalue weighted by atomic mass is 28.4. The molecular weight excluding hydrogens is 272 g/mol. The van der Waals surface area contributed by atoms with Gasteiger partial charge in [0.2, 0.25) is 0 Å². The third-order valence-electron chi connectivity index (χ3n) is 3.58. The Labute approximate surface area is 123 Å². The quantitative estimate of drug-likeness (QED) is 0.551. The molecule has 0 aromatic carbocycles. The van der Waals surface area contributed by atoms with E-state index in [1.165, 1.54) is 0 Å². The van der Waals surface area contributed by atoms with Gasteiger partial charge in [-0.25, -0.2) is 9.59 Å². The maximum Gasteiger partial charge on any atom is 0.476 e. The molecule has 20 heavy (non-hydrogen) atoms. The van der Waals surface area contributed by atoms with Crippen molar-refractivity contribution in [3.8, 4) is 0 Å². The zero-order chi connectivity index (χ0) is 16.2. The van der Waals surface area contributed by atoms with Gasteiger partial charge in [-0.05, 0) is 6.42 Å². The van der Waals surface area contributed by atoms with Crippen LogP contribution in [0.25, 0.3) is 0 Å². The maximum atomic E-state index is 11.8. The number of rotatable bonds is 6. The predicted molar refractivity (Wildman–Crippen MR) is 82.4 cm³/mol. The highest BCUT2D eigenvalue weighted by molar-refractivity contribution is 6.76. The van der Waals surface area contributed by atoms with E-state index in [1.807, 2.05) is 41.5 Å². The second-order valence-electron chi connectivity index (χ2n) is 6.35. The van der Waals surface area contributed by atoms with Crippen molar-refractivity contribution in [1.29, 1.82) is 0 Å². The van der Waals surface area contributed by atoms with Crippen molar-refractivity contribution >= 4 is 20.5 Å². The van der Waals surface area contributed by atoms with E-state index < -0.39 is 30.6 Å². The van der Waals surface area contributed by atoms with Crippen molar-refractivity contribution in [3.63, 3.8) is 0 Å². The third-order valence-corrected chi connectivity index (χ3v) is 8.67. The molecule has 0 rings (SSSR count). The van der Waals surface area contributed by atoms with Crippen LogP contribution in [0.1, 0.15) is 48.0 Å². The molecule has 0 aromatic rings. The van der Waals surface area contributed by atoms with Gasteiger partial charge < -0.3 is 8.85 Å². The molecule has 5 heteroatoms. The molecule has 0 N–H and O–H groups in total. The fourth-order valence-electron chi connectivity index (χ4n) is 2.22. The molecule has 0 aliphatic rings. The summed E-state index contributed by atoms with van der Waals surface area (Å²) in [5.74, 6) is -1.13. The minimum Gasteiger partial charge on any atom is -0.481 e. The van der Waals surface area contributed by atoms with Crippen LogP contribution in [0, 0.1) is 0 Å². The molecule has 0 spiro atoms. The number of carbonyl (C=O) groups excluding carboxylic acids is 2. The summed E-state index contributed by atoms with van der Waals surface area (Å²) < 4.78 is 11.3. The number of carbonyl (C=O) groups is 2. The zero-order valence-corrected chi connectivity index (χ0v) is 14.4. The van der Waals surface area contributed by atoms with Crippen LogP contribution < -0.4 is 0 Å². The van der Waals surface area contributed by atoms with E-state index in [0.29, 0.717) is 6.42 Å². The van der Waals surface area contributed by atoms with Crippen molar-refractivity contribution < 1.29 is 18.4 Å². The van der Waals surface area contributed by atoms with E-state index in [0.717, 1.165) is 12.2 Å². The van der Waals surface area contributed by atoms with Crippen LogP contribution in [-0.4, -0.2) is 20.5 Å². The second kappa shape index (κ2) is 6.39. The molecule has 0 atom stereocenters. The fraction of sp³-hybridized carbons (Fsp3) is 0.600. The molecule has 0 saturated heterocycles. The van der Waals surface area contributed by atoms with Crippen LogP contribution in [0.3, 0.4) is 0 Å². The van der Waals surface area contributed by atoms with Gasteiger partial charge in [-0.15, -0.1) is 0 Å². The van der Waals surface area contributed by atoms with E-state index >= 15 is 0 Å². The van der Waals surface area contributed by atoms with Crippen molar-refractivity contribution in [2.75, 3.05) is 0 Å². The molecule has 0 radical (unpaired) electrons. The van der Waals surface area contributed by atoms with Crippen molar-refractivity contribution in [1.82, 2.24) is 0 Å². The lowest BCUT2D eigenvalue weighted by molar-refractivity contribution is -0.137. The number of hydrogen-bond acceptors (Lipinski definition) is 4. The summed E-state index contributed by atoms with van der Waals surface area (Å²) in [4.78, 5) is 23.6. The van der Waals surface area contributed by atoms with Gasteiger partial charge in [0.25, 0.3) is 0 Å². The van der Waals surface area contributed by atoms with Crippen molar-refractivity contribution in [2.45, 2.75) is 58.0 Å². The Morgan fingerprint density at radius 1 is 1.00 bits per heavy atom. The topological polar surface area (TPSA) is 52.6 Å². The first-order chi connectivity index (χ1) is 8.97. The summed E-state index contributed by atoms with van der Waals surface area (Å²) in [6, 6.07) is 0. The van der Waals surface area contributed by atoms with Gasteiger partial charge in [0.05, 0.1) is 0 Å². The summed E-state index contributed by atoms with van der Waals surface area (Å²) in [5.41, 5.74) is 0. The summed E-state index contributed by atoms with van der Waals surface area (Å²) in [7, 11) is -3.23. The van der Waals surface area contributed by atoms with E-state index in [9.17, 15) is 9.59 Å². The lowest BCUT2D eigenvalue weighted by Gasteiger charge is -2.47. The van der Waals surface area contributed by atoms with Gasteiger partial charge in [-0.1, -0.05) is 54.7 Å². The minimum atomic E-state index is -3.23. The van der Waals surface area contributed by atoms with Crippen LogP contribution in [0.5, 0.6) is 0 Å². The van der Waals surface area contributed by atoms with Gasteiger partial charge in [-0.2, -0.15) is 0 Å². The molecule has 0 aliphatic carbocycles. The van der Waals surface area contributed by atoms with E-state index in [4.69, 9.17) is 8.85 Å². The van der Waals surface area contributed by atoms with Crippen LogP contribution in [-0.2, 0) is 18.4 Å². The molecule has 0 unspecified atom stereocenters. The summed E-state index contributed by atoms with van der Waals surface area (Å²) >= 11 is 0. The normalized spacial score (nSPS) is 12.5. The van der Waals surface area contributed by atoms with Crippen LogP contribution in [0.4, 0.5) is 0 Å². The minimum absolute atomic E-state index is 0.442. The molecule has 0 aromatic heterocycles. The monoisotopic (exact) mass is 298 g/mol. The maximum absolute atomic E-state index is 11.8. The molecule has 0 amide bonds. The first-order valence-electron chi connectivity index (χ1n) is 6.68. The van der Waals surface area contributed by atoms with Gasteiger partial charge >= 0.3 is 20.5 Å². The summed E-state index contributed by atoms with van der Waals surface area (Å²) in [6.45, 7) is 18.5. The Balaban J connectivity index is 6.03. The lowest BCUT2D eigenvalue weighted by atomic mass is 10.1. The summed E-state index contributed by atoms with van der Waals surface area (Å²) in [6.07, 6.45) is 2.91. The molecule has 4 nitrogen and oxygen atoms in total. The Morgan fingerprint density at radius 2 is 1.35 bits per heavy atom. The lowest BCUT2D eigenvalue weighted by Crippen LogP contribution is -2.59. The molecule has 114 valence electrons. The molecule has 0 saturated carbocycles. The fourth-order valence-corrected chi connectivity index (χ4v) is 6.65. The molecule has 0 bridgehead atoms. The van der Waals surface area contributed by atoms with Crippen molar-refractivity contribution in [2.24, 2.45) is 0 Å². The third kappa shape index (κ3) is 3.60. The smallest absolute Gasteiger partial charge is 0.476 e. The first kappa shape index (κ1) is 18.6. The molecule has 0 heterocycles. The number of hydrogen-bond donors (Lipinski definition) is 0. The van der Waals surface area contributed by atoms with E-state index in [1.54, 1.807) is 0 Å². The Bertz CT molecular complexity index is 383. The van der Waals surface area contributed by atoms with Crippen molar-refractivity contribution in [3.05, 3.63) is 25.3 Å². The first-order valence-corrected chi connectivity index (χ1v) is 8.50. The molecule has 0 aliphatic heterocycles. The van der Waals surface area contributed by atoms with Gasteiger partial charge in [-0.3, -0.25) is 0 Å². The predicted octanol–water partition coefficient (Wildman–Crippen LogP) is 3.88. The van der Waals surface area contributed by atoms with E-state index in [-0.39, 0.29) is 0 Å². The summed E-state index contributed by atoms with van der Waals surface area (Å²) in [5, 5.41) is -0.924. The largest absolute Gasteiger partial charge is 0.481 e. The van der Waals surface area contributed by atoms with Crippen LogP contribution >= 0.6 is 0 Å². The second-order valence-corrected chi connectivity index (χ2v) is 10.8. The SMILES string of the molecule is C=CC(=O)O[Si](OC(=O)C=C)(C(C)(C)C)C(C)(C)CC. The Kier molecular flexibility index (Phi) is 5.96. The standard InChI is InChI=1S/C15H26O4Si/c1-9-12(16)18-20(14(4,5)6,15(7,8)11-3)19-13(17)10-2/h9-10H,1-2,11H2,3-8H3. The van der Waals surface area contributed by atoms with Gasteiger partial charge in [0, 0.05) is 22.2 Å². The Morgan fingerprint density at radius 3 is 1.55 bits per heavy atom. The molecule has 0 fully saturated rings. The highest BCUT2D eigenvalue weighted by Crippen LogP contribution is 2.54. The molecular formula is C15H26O4Si. The van der Waals surface area contributed by atoms with Gasteiger partial charge in [0.1, 0.15) is 0 Å². The van der Waals surface area contributed by atoms with E-state index in [2.05, 4.69) is 13.2 Å². The van der Waals surface area contributed by atoms with Crippen LogP contribution in [0.2, 0.25) is 10.1 Å². The van der Waals surface area contributed by atoms with Crippen LogP contribution in [0.15, 0.2) is 25.3 Å². The average Bonchev–Trinajstić information content (AvgIpc) is 2.35. The Hall–Kier alpha value is -1.36. The van der Waals surface area contributed by atoms with Gasteiger partial charge in [0.15, 0.2) is 0 Å².